The van der Waals surface area contributed by atoms with Gasteiger partial charge >= 0.3 is 0 Å². The van der Waals surface area contributed by atoms with E-state index in [1.54, 1.807) is 13.3 Å². The Morgan fingerprint density at radius 3 is 2.42 bits per heavy atom. The number of ether oxygens (including phenoxy) is 1. The number of hydrogen-bond acceptors (Lipinski definition) is 5. The maximum atomic E-state index is 5.18. The molecule has 0 spiro atoms. The van der Waals surface area contributed by atoms with E-state index in [0.717, 1.165) is 30.2 Å². The van der Waals surface area contributed by atoms with Crippen molar-refractivity contribution in [3.63, 3.8) is 0 Å². The van der Waals surface area contributed by atoms with E-state index < -0.39 is 0 Å². The van der Waals surface area contributed by atoms with Crippen LogP contribution < -0.4 is 15.0 Å². The van der Waals surface area contributed by atoms with Crippen LogP contribution in [0, 0.1) is 0 Å². The van der Waals surface area contributed by atoms with Gasteiger partial charge in [0.1, 0.15) is 11.6 Å². The molecule has 0 aliphatic carbocycles. The van der Waals surface area contributed by atoms with Crippen LogP contribution in [0.4, 0.5) is 11.8 Å². The first-order valence-corrected chi connectivity index (χ1v) is 8.77. The number of aromatic nitrogens is 2. The Kier molecular flexibility index (Phi) is 6.04. The van der Waals surface area contributed by atoms with Crippen LogP contribution in [0.25, 0.3) is 0 Å². The molecule has 0 atom stereocenters. The molecule has 1 N–H and O–H groups in total. The highest BCUT2D eigenvalue weighted by molar-refractivity contribution is 5.43. The van der Waals surface area contributed by atoms with Crippen LogP contribution in [-0.2, 0) is 13.1 Å². The molecule has 3 rings (SSSR count). The summed E-state index contributed by atoms with van der Waals surface area (Å²) in [5, 5.41) is 3.29. The molecule has 0 aliphatic rings. The van der Waals surface area contributed by atoms with E-state index in [0.29, 0.717) is 12.5 Å². The molecule has 0 aliphatic heterocycles. The Balaban J connectivity index is 1.66. The van der Waals surface area contributed by atoms with Gasteiger partial charge in [0.25, 0.3) is 0 Å². The molecule has 5 heteroatoms. The molecular weight excluding hydrogens is 324 g/mol. The normalized spacial score (nSPS) is 10.4. The van der Waals surface area contributed by atoms with Crippen molar-refractivity contribution in [1.82, 2.24) is 9.97 Å². The van der Waals surface area contributed by atoms with Gasteiger partial charge in [-0.15, -0.1) is 0 Å². The Labute approximate surface area is 154 Å². The van der Waals surface area contributed by atoms with E-state index in [1.165, 1.54) is 5.56 Å². The predicted molar refractivity (Wildman–Crippen MR) is 106 cm³/mol. The van der Waals surface area contributed by atoms with Gasteiger partial charge in [-0.05, 0) is 36.2 Å². The zero-order valence-electron chi connectivity index (χ0n) is 15.2. The fourth-order valence-corrected chi connectivity index (χ4v) is 2.69. The lowest BCUT2D eigenvalue weighted by atomic mass is 10.2. The lowest BCUT2D eigenvalue weighted by molar-refractivity contribution is 0.414. The second kappa shape index (κ2) is 8.85. The Morgan fingerprint density at radius 1 is 0.962 bits per heavy atom. The third kappa shape index (κ3) is 4.72. The first-order valence-electron chi connectivity index (χ1n) is 8.77. The maximum Gasteiger partial charge on any atom is 0.224 e. The van der Waals surface area contributed by atoms with Gasteiger partial charge in [-0.25, -0.2) is 4.98 Å². The van der Waals surface area contributed by atoms with Gasteiger partial charge in [0, 0.05) is 25.8 Å². The summed E-state index contributed by atoms with van der Waals surface area (Å²) in [5.74, 6) is 2.40. The molecule has 2 aromatic carbocycles. The molecular formula is C21H24N4O. The number of hydrogen-bond donors (Lipinski definition) is 1. The van der Waals surface area contributed by atoms with Crippen LogP contribution in [0.2, 0.25) is 0 Å². The minimum Gasteiger partial charge on any atom is -0.497 e. The van der Waals surface area contributed by atoms with Crippen molar-refractivity contribution in [3.05, 3.63) is 78.0 Å². The van der Waals surface area contributed by atoms with Gasteiger partial charge in [-0.3, -0.25) is 0 Å². The third-order valence-corrected chi connectivity index (χ3v) is 4.17. The molecule has 26 heavy (non-hydrogen) atoms. The van der Waals surface area contributed by atoms with Gasteiger partial charge in [0.15, 0.2) is 0 Å². The predicted octanol–water partition coefficient (Wildman–Crippen LogP) is 4.12. The molecule has 1 heterocycles. The van der Waals surface area contributed by atoms with E-state index in [1.807, 2.05) is 36.4 Å². The number of anilines is 2. The first kappa shape index (κ1) is 17.7. The molecule has 0 radical (unpaired) electrons. The van der Waals surface area contributed by atoms with Crippen molar-refractivity contribution in [2.24, 2.45) is 0 Å². The Bertz CT molecular complexity index is 806. The zero-order valence-corrected chi connectivity index (χ0v) is 15.2. The van der Waals surface area contributed by atoms with Crippen LogP contribution in [0.15, 0.2) is 66.9 Å². The maximum absolute atomic E-state index is 5.18. The second-order valence-corrected chi connectivity index (χ2v) is 5.94. The van der Waals surface area contributed by atoms with E-state index in [9.17, 15) is 0 Å². The van der Waals surface area contributed by atoms with Crippen LogP contribution in [0.3, 0.4) is 0 Å². The number of methoxy groups -OCH3 is 1. The van der Waals surface area contributed by atoms with Crippen molar-refractivity contribution in [2.45, 2.75) is 20.0 Å². The summed E-state index contributed by atoms with van der Waals surface area (Å²) in [7, 11) is 1.67. The van der Waals surface area contributed by atoms with Gasteiger partial charge in [0.05, 0.1) is 7.11 Å². The molecule has 0 saturated carbocycles. The molecule has 0 unspecified atom stereocenters. The number of rotatable bonds is 8. The van der Waals surface area contributed by atoms with Crippen molar-refractivity contribution in [3.8, 4) is 5.75 Å². The lowest BCUT2D eigenvalue weighted by Gasteiger charge is -2.22. The van der Waals surface area contributed by atoms with Crippen molar-refractivity contribution >= 4 is 11.8 Å². The summed E-state index contributed by atoms with van der Waals surface area (Å²) in [6.45, 7) is 4.50. The fraction of sp³-hybridized carbons (Fsp3) is 0.238. The van der Waals surface area contributed by atoms with Gasteiger partial charge < -0.3 is 15.0 Å². The Morgan fingerprint density at radius 2 is 1.73 bits per heavy atom. The monoisotopic (exact) mass is 348 g/mol. The number of benzene rings is 2. The number of nitrogens with zero attached hydrogens (tertiary/aromatic N) is 3. The largest absolute Gasteiger partial charge is 0.497 e. The lowest BCUT2D eigenvalue weighted by Crippen LogP contribution is -2.23. The fourth-order valence-electron chi connectivity index (χ4n) is 2.69. The first-order chi connectivity index (χ1) is 12.8. The van der Waals surface area contributed by atoms with Crippen LogP contribution >= 0.6 is 0 Å². The Hall–Kier alpha value is -3.08. The summed E-state index contributed by atoms with van der Waals surface area (Å²) in [5.41, 5.74) is 2.41. The van der Waals surface area contributed by atoms with Gasteiger partial charge in [-0.1, -0.05) is 42.5 Å². The van der Waals surface area contributed by atoms with Gasteiger partial charge in [0.2, 0.25) is 5.95 Å². The van der Waals surface area contributed by atoms with Crippen molar-refractivity contribution in [2.75, 3.05) is 23.9 Å². The zero-order chi connectivity index (χ0) is 18.2. The molecule has 3 aromatic rings. The summed E-state index contributed by atoms with van der Waals surface area (Å²) >= 11 is 0. The molecule has 1 aromatic heterocycles. The highest BCUT2D eigenvalue weighted by Crippen LogP contribution is 2.16. The SMILES string of the molecule is CCN(Cc1ccccc1)c1ccnc(NCc2ccc(OC)cc2)n1. The quantitative estimate of drug-likeness (QED) is 0.663. The van der Waals surface area contributed by atoms with Gasteiger partial charge in [-0.2, -0.15) is 4.98 Å². The molecule has 0 saturated heterocycles. The molecule has 5 nitrogen and oxygen atoms in total. The smallest absolute Gasteiger partial charge is 0.224 e. The average Bonchev–Trinajstić information content (AvgIpc) is 2.72. The van der Waals surface area contributed by atoms with Crippen LogP contribution in [0.5, 0.6) is 5.75 Å². The summed E-state index contributed by atoms with van der Waals surface area (Å²) < 4.78 is 5.18. The highest BCUT2D eigenvalue weighted by atomic mass is 16.5. The summed E-state index contributed by atoms with van der Waals surface area (Å²) in [4.78, 5) is 11.2. The van der Waals surface area contributed by atoms with E-state index in [-0.39, 0.29) is 0 Å². The minimum atomic E-state index is 0.629. The van der Waals surface area contributed by atoms with E-state index in [4.69, 9.17) is 4.74 Å². The summed E-state index contributed by atoms with van der Waals surface area (Å²) in [6.07, 6.45) is 1.80. The third-order valence-electron chi connectivity index (χ3n) is 4.17. The molecule has 0 amide bonds. The highest BCUT2D eigenvalue weighted by Gasteiger charge is 2.08. The van der Waals surface area contributed by atoms with Crippen molar-refractivity contribution in [1.29, 1.82) is 0 Å². The number of nitrogens with one attached hydrogen (secondary N) is 1. The molecule has 0 fully saturated rings. The van der Waals surface area contributed by atoms with Crippen LogP contribution in [0.1, 0.15) is 18.1 Å². The topological polar surface area (TPSA) is 50.3 Å². The molecule has 134 valence electrons. The average molecular weight is 348 g/mol. The van der Waals surface area contributed by atoms with Crippen molar-refractivity contribution < 1.29 is 4.74 Å². The summed E-state index contributed by atoms with van der Waals surface area (Å²) in [6, 6.07) is 20.3. The second-order valence-electron chi connectivity index (χ2n) is 5.94. The standard InChI is InChI=1S/C21H24N4O/c1-3-25(16-18-7-5-4-6-8-18)20-13-14-22-21(24-20)23-15-17-9-11-19(26-2)12-10-17/h4-14H,3,15-16H2,1-2H3,(H,22,23,24). The van der Waals surface area contributed by atoms with Crippen LogP contribution in [-0.4, -0.2) is 23.6 Å². The van der Waals surface area contributed by atoms with E-state index >= 15 is 0 Å². The minimum absolute atomic E-state index is 0.629. The van der Waals surface area contributed by atoms with E-state index in [2.05, 4.69) is 51.4 Å². The molecule has 0 bridgehead atoms.